The standard InChI is InChI=1S/C13H19N5OS/c1-8-6-9-10(15-7-13(2)4-3-5-19-13)16-12(18-14)17-11(9)20-8/h6H,3-5,7,14H2,1-2H3,(H2,15,16,17,18). The maximum absolute atomic E-state index is 5.79. The van der Waals surface area contributed by atoms with Crippen molar-refractivity contribution >= 4 is 33.3 Å². The molecule has 1 aliphatic rings. The summed E-state index contributed by atoms with van der Waals surface area (Å²) in [4.78, 5) is 10.9. The van der Waals surface area contributed by atoms with Crippen LogP contribution in [0.3, 0.4) is 0 Å². The largest absolute Gasteiger partial charge is 0.373 e. The average molecular weight is 293 g/mol. The molecule has 6 nitrogen and oxygen atoms in total. The SMILES string of the molecule is Cc1cc2c(NCC3(C)CCCO3)nc(NN)nc2s1. The van der Waals surface area contributed by atoms with Crippen LogP contribution in [0.2, 0.25) is 0 Å². The molecule has 1 atom stereocenters. The average Bonchev–Trinajstić information content (AvgIpc) is 3.01. The summed E-state index contributed by atoms with van der Waals surface area (Å²) >= 11 is 1.64. The van der Waals surface area contributed by atoms with Crippen LogP contribution in [-0.4, -0.2) is 28.7 Å². The number of aryl methyl sites for hydroxylation is 1. The summed E-state index contributed by atoms with van der Waals surface area (Å²) in [6.45, 7) is 5.77. The molecule has 0 aliphatic carbocycles. The quantitative estimate of drug-likeness (QED) is 0.592. The van der Waals surface area contributed by atoms with Gasteiger partial charge in [0.2, 0.25) is 5.95 Å². The fourth-order valence-corrected chi connectivity index (χ4v) is 3.37. The van der Waals surface area contributed by atoms with Crippen LogP contribution in [0, 0.1) is 6.92 Å². The molecule has 108 valence electrons. The van der Waals surface area contributed by atoms with Gasteiger partial charge in [0.25, 0.3) is 0 Å². The van der Waals surface area contributed by atoms with Crippen molar-refractivity contribution in [1.82, 2.24) is 9.97 Å². The zero-order valence-corrected chi connectivity index (χ0v) is 12.5. The van der Waals surface area contributed by atoms with Crippen molar-refractivity contribution in [3.63, 3.8) is 0 Å². The minimum Gasteiger partial charge on any atom is -0.373 e. The Morgan fingerprint density at radius 2 is 2.35 bits per heavy atom. The van der Waals surface area contributed by atoms with Gasteiger partial charge >= 0.3 is 0 Å². The van der Waals surface area contributed by atoms with Gasteiger partial charge in [0.15, 0.2) is 0 Å². The predicted molar refractivity (Wildman–Crippen MR) is 82.0 cm³/mol. The van der Waals surface area contributed by atoms with Gasteiger partial charge in [0.1, 0.15) is 10.6 Å². The number of aromatic nitrogens is 2. The van der Waals surface area contributed by atoms with E-state index in [-0.39, 0.29) is 5.60 Å². The number of nitrogen functional groups attached to an aromatic ring is 1. The zero-order valence-electron chi connectivity index (χ0n) is 11.7. The van der Waals surface area contributed by atoms with E-state index in [4.69, 9.17) is 10.6 Å². The van der Waals surface area contributed by atoms with Crippen LogP contribution in [0.5, 0.6) is 0 Å². The summed E-state index contributed by atoms with van der Waals surface area (Å²) in [6.07, 6.45) is 2.18. The van der Waals surface area contributed by atoms with Crippen molar-refractivity contribution in [2.45, 2.75) is 32.3 Å². The second-order valence-corrected chi connectivity index (χ2v) is 6.61. The van der Waals surface area contributed by atoms with Gasteiger partial charge in [-0.05, 0) is 32.8 Å². The molecule has 0 aromatic carbocycles. The van der Waals surface area contributed by atoms with Gasteiger partial charge in [-0.3, -0.25) is 5.43 Å². The molecule has 1 unspecified atom stereocenters. The van der Waals surface area contributed by atoms with Crippen molar-refractivity contribution in [2.75, 3.05) is 23.9 Å². The van der Waals surface area contributed by atoms with Crippen LogP contribution >= 0.6 is 11.3 Å². The monoisotopic (exact) mass is 293 g/mol. The van der Waals surface area contributed by atoms with E-state index in [1.807, 2.05) is 0 Å². The summed E-state index contributed by atoms with van der Waals surface area (Å²) in [6, 6.07) is 2.10. The molecule has 7 heteroatoms. The number of thiophene rings is 1. The molecule has 1 saturated heterocycles. The number of nitrogens with zero attached hydrogens (tertiary/aromatic N) is 2. The first-order chi connectivity index (χ1) is 9.59. The zero-order chi connectivity index (χ0) is 14.2. The normalized spacial score (nSPS) is 22.4. The van der Waals surface area contributed by atoms with E-state index in [0.29, 0.717) is 5.95 Å². The summed E-state index contributed by atoms with van der Waals surface area (Å²) in [5.41, 5.74) is 2.41. The third-order valence-corrected chi connectivity index (χ3v) is 4.52. The van der Waals surface area contributed by atoms with Crippen molar-refractivity contribution in [3.8, 4) is 0 Å². The minimum absolute atomic E-state index is 0.112. The van der Waals surface area contributed by atoms with E-state index in [2.05, 4.69) is 40.6 Å². The summed E-state index contributed by atoms with van der Waals surface area (Å²) < 4.78 is 5.79. The van der Waals surface area contributed by atoms with E-state index < -0.39 is 0 Å². The van der Waals surface area contributed by atoms with E-state index in [0.717, 1.165) is 42.0 Å². The number of nitrogens with one attached hydrogen (secondary N) is 2. The molecule has 0 spiro atoms. The number of rotatable bonds is 4. The Hall–Kier alpha value is -1.44. The van der Waals surface area contributed by atoms with Crippen LogP contribution in [-0.2, 0) is 4.74 Å². The molecule has 4 N–H and O–H groups in total. The maximum Gasteiger partial charge on any atom is 0.240 e. The van der Waals surface area contributed by atoms with E-state index in [9.17, 15) is 0 Å². The van der Waals surface area contributed by atoms with E-state index in [1.54, 1.807) is 11.3 Å². The predicted octanol–water partition coefficient (Wildman–Crippen LogP) is 2.27. The van der Waals surface area contributed by atoms with Gasteiger partial charge in [0.05, 0.1) is 11.0 Å². The molecule has 0 saturated carbocycles. The summed E-state index contributed by atoms with van der Waals surface area (Å²) in [5.74, 6) is 6.68. The van der Waals surface area contributed by atoms with Crippen LogP contribution in [0.15, 0.2) is 6.07 Å². The lowest BCUT2D eigenvalue weighted by Crippen LogP contribution is -2.32. The Morgan fingerprint density at radius 1 is 1.50 bits per heavy atom. The van der Waals surface area contributed by atoms with Crippen molar-refractivity contribution in [1.29, 1.82) is 0 Å². The Bertz CT molecular complexity index is 620. The second-order valence-electron chi connectivity index (χ2n) is 5.37. The third-order valence-electron chi connectivity index (χ3n) is 3.58. The van der Waals surface area contributed by atoms with Crippen molar-refractivity contribution in [2.24, 2.45) is 5.84 Å². The fourth-order valence-electron chi connectivity index (χ4n) is 2.49. The molecule has 2 aromatic rings. The fraction of sp³-hybridized carbons (Fsp3) is 0.538. The Morgan fingerprint density at radius 3 is 3.05 bits per heavy atom. The van der Waals surface area contributed by atoms with Gasteiger partial charge in [-0.15, -0.1) is 11.3 Å². The minimum atomic E-state index is -0.112. The van der Waals surface area contributed by atoms with Gasteiger partial charge in [-0.2, -0.15) is 4.98 Å². The highest BCUT2D eigenvalue weighted by Crippen LogP contribution is 2.31. The lowest BCUT2D eigenvalue weighted by atomic mass is 10.0. The maximum atomic E-state index is 5.79. The molecule has 1 aliphatic heterocycles. The molecule has 2 aromatic heterocycles. The van der Waals surface area contributed by atoms with Gasteiger partial charge < -0.3 is 10.1 Å². The van der Waals surface area contributed by atoms with E-state index >= 15 is 0 Å². The number of nitrogens with two attached hydrogens (primary N) is 1. The molecule has 0 amide bonds. The highest BCUT2D eigenvalue weighted by atomic mass is 32.1. The van der Waals surface area contributed by atoms with Crippen molar-refractivity contribution in [3.05, 3.63) is 10.9 Å². The van der Waals surface area contributed by atoms with Crippen LogP contribution in [0.1, 0.15) is 24.6 Å². The van der Waals surface area contributed by atoms with E-state index in [1.165, 1.54) is 4.88 Å². The number of fused-ring (bicyclic) bond motifs is 1. The highest BCUT2D eigenvalue weighted by Gasteiger charge is 2.29. The number of hydrazine groups is 1. The van der Waals surface area contributed by atoms with Gasteiger partial charge in [0, 0.05) is 18.0 Å². The molecule has 1 fully saturated rings. The number of anilines is 2. The lowest BCUT2D eigenvalue weighted by molar-refractivity contribution is 0.0315. The molecule has 3 heterocycles. The first-order valence-electron chi connectivity index (χ1n) is 6.72. The van der Waals surface area contributed by atoms with Crippen LogP contribution < -0.4 is 16.6 Å². The number of hydrogen-bond acceptors (Lipinski definition) is 7. The molecular formula is C13H19N5OS. The Balaban J connectivity index is 1.89. The lowest BCUT2D eigenvalue weighted by Gasteiger charge is -2.23. The number of ether oxygens (including phenoxy) is 1. The van der Waals surface area contributed by atoms with Crippen LogP contribution in [0.25, 0.3) is 10.2 Å². The van der Waals surface area contributed by atoms with Crippen molar-refractivity contribution < 1.29 is 4.74 Å². The molecule has 0 bridgehead atoms. The Labute approximate surface area is 121 Å². The van der Waals surface area contributed by atoms with Gasteiger partial charge in [-0.1, -0.05) is 0 Å². The molecule has 3 rings (SSSR count). The smallest absolute Gasteiger partial charge is 0.240 e. The van der Waals surface area contributed by atoms with Gasteiger partial charge in [-0.25, -0.2) is 10.8 Å². The first kappa shape index (κ1) is 13.5. The summed E-state index contributed by atoms with van der Waals surface area (Å²) in [7, 11) is 0. The highest BCUT2D eigenvalue weighted by molar-refractivity contribution is 7.18. The molecule has 0 radical (unpaired) electrons. The molecule has 20 heavy (non-hydrogen) atoms. The summed E-state index contributed by atoms with van der Waals surface area (Å²) in [5, 5.41) is 4.43. The third kappa shape index (κ3) is 2.56. The molecular weight excluding hydrogens is 274 g/mol. The second kappa shape index (κ2) is 5.16. The Kier molecular flexibility index (Phi) is 3.49. The number of hydrogen-bond donors (Lipinski definition) is 3. The topological polar surface area (TPSA) is 85.1 Å². The van der Waals surface area contributed by atoms with Crippen LogP contribution in [0.4, 0.5) is 11.8 Å². The first-order valence-corrected chi connectivity index (χ1v) is 7.54.